The van der Waals surface area contributed by atoms with E-state index in [0.29, 0.717) is 5.02 Å². The van der Waals surface area contributed by atoms with E-state index in [9.17, 15) is 4.79 Å². The lowest BCUT2D eigenvalue weighted by Gasteiger charge is -2.01. The predicted octanol–water partition coefficient (Wildman–Crippen LogP) is 1.18. The molecule has 5 nitrogen and oxygen atoms in total. The van der Waals surface area contributed by atoms with Gasteiger partial charge in [0.15, 0.2) is 0 Å². The number of hydrogen-bond donors (Lipinski definition) is 2. The maximum absolute atomic E-state index is 11.4. The topological polar surface area (TPSA) is 91.3 Å². The predicted molar refractivity (Wildman–Crippen MR) is 65.2 cm³/mol. The fourth-order valence-electron chi connectivity index (χ4n) is 1.08. The lowest BCUT2D eigenvalue weighted by Crippen LogP contribution is -2.24. The van der Waals surface area contributed by atoms with Crippen molar-refractivity contribution in [2.24, 2.45) is 10.8 Å². The number of amidine groups is 1. The van der Waals surface area contributed by atoms with E-state index in [2.05, 4.69) is 10.5 Å². The van der Waals surface area contributed by atoms with Gasteiger partial charge in [0.1, 0.15) is 5.84 Å². The Balaban J connectivity index is 2.48. The molecule has 0 spiro atoms. The van der Waals surface area contributed by atoms with E-state index in [1.807, 2.05) is 6.07 Å². The van der Waals surface area contributed by atoms with Crippen LogP contribution in [-0.2, 0) is 11.2 Å². The van der Waals surface area contributed by atoms with Gasteiger partial charge in [-0.1, -0.05) is 23.7 Å². The van der Waals surface area contributed by atoms with Crippen LogP contribution in [0.3, 0.4) is 0 Å². The number of nitrogens with one attached hydrogen (secondary N) is 1. The third-order valence-corrected chi connectivity index (χ3v) is 2.11. The molecule has 0 radical (unpaired) electrons. The summed E-state index contributed by atoms with van der Waals surface area (Å²) in [5, 5.41) is 12.5. The summed E-state index contributed by atoms with van der Waals surface area (Å²) in [4.78, 5) is 11.4. The number of benzene rings is 1. The number of carbonyl (C=O) groups excluding carboxylic acids is 1. The average molecular weight is 251 g/mol. The van der Waals surface area contributed by atoms with Crippen molar-refractivity contribution in [1.82, 2.24) is 5.43 Å². The summed E-state index contributed by atoms with van der Waals surface area (Å²) in [7, 11) is 0. The highest BCUT2D eigenvalue weighted by molar-refractivity contribution is 6.30. The highest BCUT2D eigenvalue weighted by Crippen LogP contribution is 2.09. The molecule has 0 heterocycles. The SMILES string of the molecule is N#CC/C(N)=N\NC(=O)Cc1ccc(Cl)cc1. The number of hydrogen-bond acceptors (Lipinski definition) is 3. The van der Waals surface area contributed by atoms with E-state index < -0.39 is 0 Å². The van der Waals surface area contributed by atoms with Crippen LogP contribution in [0, 0.1) is 11.3 Å². The van der Waals surface area contributed by atoms with Crippen molar-refractivity contribution in [3.63, 3.8) is 0 Å². The summed E-state index contributed by atoms with van der Waals surface area (Å²) < 4.78 is 0. The van der Waals surface area contributed by atoms with Crippen LogP contribution in [0.25, 0.3) is 0 Å². The Labute approximate surface area is 104 Å². The number of rotatable bonds is 4. The van der Waals surface area contributed by atoms with Crippen LogP contribution in [0.2, 0.25) is 5.02 Å². The molecule has 0 saturated heterocycles. The molecule has 17 heavy (non-hydrogen) atoms. The smallest absolute Gasteiger partial charge is 0.244 e. The summed E-state index contributed by atoms with van der Waals surface area (Å²) in [5.74, 6) is -0.217. The Hall–Kier alpha value is -2.06. The first-order chi connectivity index (χ1) is 8.11. The van der Waals surface area contributed by atoms with Crippen molar-refractivity contribution in [1.29, 1.82) is 5.26 Å². The Morgan fingerprint density at radius 1 is 1.47 bits per heavy atom. The molecule has 1 aromatic carbocycles. The van der Waals surface area contributed by atoms with E-state index >= 15 is 0 Å². The number of nitrogens with two attached hydrogens (primary N) is 1. The number of nitriles is 1. The number of carbonyl (C=O) groups is 1. The highest BCUT2D eigenvalue weighted by atomic mass is 35.5. The molecule has 0 aromatic heterocycles. The molecule has 0 aliphatic carbocycles. The van der Waals surface area contributed by atoms with Gasteiger partial charge in [-0.3, -0.25) is 4.79 Å². The number of halogens is 1. The zero-order valence-corrected chi connectivity index (χ0v) is 9.74. The zero-order valence-electron chi connectivity index (χ0n) is 8.98. The molecule has 0 bridgehead atoms. The Morgan fingerprint density at radius 2 is 2.12 bits per heavy atom. The molecule has 0 aliphatic heterocycles. The van der Waals surface area contributed by atoms with Gasteiger partial charge >= 0.3 is 0 Å². The molecule has 0 saturated carbocycles. The van der Waals surface area contributed by atoms with Crippen molar-refractivity contribution in [2.45, 2.75) is 12.8 Å². The zero-order chi connectivity index (χ0) is 12.7. The minimum Gasteiger partial charge on any atom is -0.385 e. The second-order valence-electron chi connectivity index (χ2n) is 3.28. The molecule has 0 aliphatic rings. The normalized spacial score (nSPS) is 10.7. The standard InChI is InChI=1S/C11H11ClN4O/c12-9-3-1-8(2-4-9)7-11(17)16-15-10(14)5-6-13/h1-4H,5,7H2,(H2,14,15)(H,16,17). The number of nitrogens with zero attached hydrogens (tertiary/aromatic N) is 2. The van der Waals surface area contributed by atoms with E-state index in [4.69, 9.17) is 22.6 Å². The summed E-state index contributed by atoms with van der Waals surface area (Å²) in [6, 6.07) is 8.75. The fraction of sp³-hybridized carbons (Fsp3) is 0.182. The minimum absolute atomic E-state index is 0.0127. The lowest BCUT2D eigenvalue weighted by molar-refractivity contribution is -0.120. The van der Waals surface area contributed by atoms with Crippen molar-refractivity contribution in [3.8, 4) is 6.07 Å². The molecule has 0 unspecified atom stereocenters. The molecule has 6 heteroatoms. The maximum atomic E-state index is 11.4. The lowest BCUT2D eigenvalue weighted by atomic mass is 10.1. The van der Waals surface area contributed by atoms with E-state index in [-0.39, 0.29) is 24.6 Å². The molecular formula is C11H11ClN4O. The first-order valence-electron chi connectivity index (χ1n) is 4.84. The Morgan fingerprint density at radius 3 is 2.71 bits per heavy atom. The quantitative estimate of drug-likeness (QED) is 0.478. The van der Waals surface area contributed by atoms with Gasteiger partial charge in [0, 0.05) is 5.02 Å². The van der Waals surface area contributed by atoms with Crippen LogP contribution in [0.4, 0.5) is 0 Å². The van der Waals surface area contributed by atoms with Crippen LogP contribution in [-0.4, -0.2) is 11.7 Å². The average Bonchev–Trinajstić information content (AvgIpc) is 2.30. The van der Waals surface area contributed by atoms with Crippen LogP contribution >= 0.6 is 11.6 Å². The van der Waals surface area contributed by atoms with Crippen molar-refractivity contribution in [3.05, 3.63) is 34.9 Å². The maximum Gasteiger partial charge on any atom is 0.244 e. The van der Waals surface area contributed by atoms with Crippen LogP contribution < -0.4 is 11.2 Å². The van der Waals surface area contributed by atoms with E-state index in [0.717, 1.165) is 5.56 Å². The third kappa shape index (κ3) is 5.00. The van der Waals surface area contributed by atoms with Gasteiger partial charge in [0.2, 0.25) is 5.91 Å². The largest absolute Gasteiger partial charge is 0.385 e. The summed E-state index contributed by atoms with van der Waals surface area (Å²) >= 11 is 5.72. The van der Waals surface area contributed by atoms with Crippen molar-refractivity contribution < 1.29 is 4.79 Å². The molecule has 0 fully saturated rings. The summed E-state index contributed by atoms with van der Waals surface area (Å²) in [6.45, 7) is 0. The molecule has 0 atom stereocenters. The van der Waals surface area contributed by atoms with E-state index in [1.165, 1.54) is 0 Å². The number of hydrazone groups is 1. The van der Waals surface area contributed by atoms with Crippen molar-refractivity contribution >= 4 is 23.3 Å². The monoisotopic (exact) mass is 250 g/mol. The van der Waals surface area contributed by atoms with Gasteiger partial charge in [-0.05, 0) is 17.7 Å². The minimum atomic E-state index is -0.298. The summed E-state index contributed by atoms with van der Waals surface area (Å²) in [5.41, 5.74) is 8.43. The summed E-state index contributed by atoms with van der Waals surface area (Å²) in [6.07, 6.45) is 0.168. The second kappa shape index (κ2) is 6.51. The molecule has 1 aromatic rings. The number of amides is 1. The van der Waals surface area contributed by atoms with E-state index in [1.54, 1.807) is 24.3 Å². The molecule has 88 valence electrons. The molecule has 3 N–H and O–H groups in total. The Bertz CT molecular complexity index is 461. The second-order valence-corrected chi connectivity index (χ2v) is 3.71. The van der Waals surface area contributed by atoms with Crippen LogP contribution in [0.5, 0.6) is 0 Å². The molecule has 1 amide bonds. The van der Waals surface area contributed by atoms with Crippen molar-refractivity contribution in [2.75, 3.05) is 0 Å². The van der Waals surface area contributed by atoms with Gasteiger partial charge in [-0.2, -0.15) is 10.4 Å². The molecule has 1 rings (SSSR count). The first kappa shape index (κ1) is 13.0. The van der Waals surface area contributed by atoms with Gasteiger partial charge in [0.25, 0.3) is 0 Å². The molecular weight excluding hydrogens is 240 g/mol. The van der Waals surface area contributed by atoms with Gasteiger partial charge in [0.05, 0.1) is 18.9 Å². The van der Waals surface area contributed by atoms with Crippen LogP contribution in [0.1, 0.15) is 12.0 Å². The first-order valence-corrected chi connectivity index (χ1v) is 5.22. The third-order valence-electron chi connectivity index (χ3n) is 1.86. The van der Waals surface area contributed by atoms with Gasteiger partial charge in [-0.25, -0.2) is 5.43 Å². The highest BCUT2D eigenvalue weighted by Gasteiger charge is 2.02. The van der Waals surface area contributed by atoms with Crippen LogP contribution in [0.15, 0.2) is 29.4 Å². The van der Waals surface area contributed by atoms with Gasteiger partial charge < -0.3 is 5.73 Å². The fourth-order valence-corrected chi connectivity index (χ4v) is 1.21. The Kier molecular flexibility index (Phi) is 4.98. The van der Waals surface area contributed by atoms with Gasteiger partial charge in [-0.15, -0.1) is 0 Å².